The average Bonchev–Trinajstić information content (AvgIpc) is 2.77. The van der Waals surface area contributed by atoms with Gasteiger partial charge in [0.15, 0.2) is 0 Å². The van der Waals surface area contributed by atoms with E-state index in [1.165, 1.54) is 4.90 Å². The fraction of sp³-hybridized carbons (Fsp3) is 0.800. The second kappa shape index (κ2) is 5.34. The van der Waals surface area contributed by atoms with Crippen molar-refractivity contribution in [2.75, 3.05) is 32.0 Å². The Kier molecular flexibility index (Phi) is 4.03. The summed E-state index contributed by atoms with van der Waals surface area (Å²) in [7, 11) is 0. The predicted octanol–water partition coefficient (Wildman–Crippen LogP) is -0.891. The molecule has 2 N–H and O–H groups in total. The first-order chi connectivity index (χ1) is 8.11. The van der Waals surface area contributed by atoms with Crippen LogP contribution < -0.4 is 0 Å². The minimum Gasteiger partial charge on any atom is -0.395 e. The summed E-state index contributed by atoms with van der Waals surface area (Å²) in [4.78, 5) is 26.1. The molecule has 7 heteroatoms. The Morgan fingerprint density at radius 1 is 1.41 bits per heavy atom. The predicted molar refractivity (Wildman–Crippen MR) is 62.6 cm³/mol. The number of hydrogen-bond donors (Lipinski definition) is 2. The highest BCUT2D eigenvalue weighted by molar-refractivity contribution is 8.14. The van der Waals surface area contributed by atoms with Gasteiger partial charge in [-0.3, -0.25) is 19.4 Å². The third-order valence-electron chi connectivity index (χ3n) is 3.13. The number of likely N-dealkylation sites (tertiary alicyclic amines) is 1. The molecule has 2 fully saturated rings. The molecule has 0 saturated carbocycles. The molecule has 0 aromatic carbocycles. The number of hydrogen-bond acceptors (Lipinski definition) is 6. The molecule has 2 aliphatic heterocycles. The van der Waals surface area contributed by atoms with Crippen LogP contribution in [0.25, 0.3) is 0 Å². The van der Waals surface area contributed by atoms with Crippen molar-refractivity contribution in [3.8, 4) is 0 Å². The largest absolute Gasteiger partial charge is 0.395 e. The van der Waals surface area contributed by atoms with Gasteiger partial charge in [-0.2, -0.15) is 0 Å². The lowest BCUT2D eigenvalue weighted by Crippen LogP contribution is -2.43. The van der Waals surface area contributed by atoms with E-state index in [1.807, 2.05) is 4.90 Å². The summed E-state index contributed by atoms with van der Waals surface area (Å²) in [5.74, 6) is 0.0547. The number of aliphatic hydroxyl groups is 2. The normalized spacial score (nSPS) is 30.6. The van der Waals surface area contributed by atoms with Gasteiger partial charge in [-0.25, -0.2) is 0 Å². The Morgan fingerprint density at radius 3 is 2.76 bits per heavy atom. The Labute approximate surface area is 104 Å². The van der Waals surface area contributed by atoms with Crippen LogP contribution in [-0.2, 0) is 4.79 Å². The van der Waals surface area contributed by atoms with Crippen LogP contribution in [0.5, 0.6) is 0 Å². The molecule has 17 heavy (non-hydrogen) atoms. The third kappa shape index (κ3) is 2.79. The molecule has 6 nitrogen and oxygen atoms in total. The first-order valence-corrected chi connectivity index (χ1v) is 6.60. The van der Waals surface area contributed by atoms with Gasteiger partial charge >= 0.3 is 0 Å². The van der Waals surface area contributed by atoms with Gasteiger partial charge in [-0.15, -0.1) is 0 Å². The van der Waals surface area contributed by atoms with Crippen LogP contribution in [0.1, 0.15) is 6.42 Å². The smallest absolute Gasteiger partial charge is 0.288 e. The molecule has 2 amide bonds. The molecule has 0 aromatic rings. The van der Waals surface area contributed by atoms with Crippen LogP contribution in [0.2, 0.25) is 0 Å². The van der Waals surface area contributed by atoms with Gasteiger partial charge in [0.1, 0.15) is 0 Å². The lowest BCUT2D eigenvalue weighted by atomic mass is 10.2. The van der Waals surface area contributed by atoms with Gasteiger partial charge in [-0.05, 0) is 6.42 Å². The van der Waals surface area contributed by atoms with Crippen LogP contribution >= 0.6 is 11.8 Å². The lowest BCUT2D eigenvalue weighted by Gasteiger charge is -2.26. The minimum atomic E-state index is -0.438. The van der Waals surface area contributed by atoms with Gasteiger partial charge in [0, 0.05) is 25.7 Å². The molecule has 2 atom stereocenters. The van der Waals surface area contributed by atoms with Gasteiger partial charge < -0.3 is 10.2 Å². The fourth-order valence-electron chi connectivity index (χ4n) is 2.32. The van der Waals surface area contributed by atoms with Crippen LogP contribution in [0.3, 0.4) is 0 Å². The minimum absolute atomic E-state index is 0.0138. The second-order valence-electron chi connectivity index (χ2n) is 4.32. The lowest BCUT2D eigenvalue weighted by molar-refractivity contribution is -0.125. The van der Waals surface area contributed by atoms with Crippen LogP contribution in [-0.4, -0.2) is 75.3 Å². The van der Waals surface area contributed by atoms with E-state index in [-0.39, 0.29) is 29.5 Å². The molecule has 2 aliphatic rings. The summed E-state index contributed by atoms with van der Waals surface area (Å²) < 4.78 is 0. The van der Waals surface area contributed by atoms with Crippen molar-refractivity contribution in [1.29, 1.82) is 0 Å². The molecule has 2 rings (SSSR count). The van der Waals surface area contributed by atoms with E-state index < -0.39 is 6.10 Å². The van der Waals surface area contributed by atoms with Crippen LogP contribution in [0.15, 0.2) is 0 Å². The number of imide groups is 1. The quantitative estimate of drug-likeness (QED) is 0.682. The van der Waals surface area contributed by atoms with E-state index in [0.29, 0.717) is 26.1 Å². The van der Waals surface area contributed by atoms with Gasteiger partial charge in [-0.1, -0.05) is 11.8 Å². The molecule has 2 heterocycles. The van der Waals surface area contributed by atoms with Crippen molar-refractivity contribution >= 4 is 22.9 Å². The maximum Gasteiger partial charge on any atom is 0.288 e. The molecular weight excluding hydrogens is 244 g/mol. The van der Waals surface area contributed by atoms with E-state index in [9.17, 15) is 14.7 Å². The van der Waals surface area contributed by atoms with E-state index in [2.05, 4.69) is 0 Å². The number of carbonyl (C=O) groups excluding carboxylic acids is 2. The maximum absolute atomic E-state index is 11.5. The van der Waals surface area contributed by atoms with E-state index >= 15 is 0 Å². The summed E-state index contributed by atoms with van der Waals surface area (Å²) in [5.41, 5.74) is 0. The fourth-order valence-corrected chi connectivity index (χ4v) is 3.05. The number of rotatable bonds is 4. The molecular formula is C10H16N2O4S. The van der Waals surface area contributed by atoms with Crippen molar-refractivity contribution in [1.82, 2.24) is 9.80 Å². The van der Waals surface area contributed by atoms with E-state index in [1.54, 1.807) is 0 Å². The number of amides is 2. The molecule has 0 bridgehead atoms. The monoisotopic (exact) mass is 260 g/mol. The van der Waals surface area contributed by atoms with Crippen LogP contribution in [0, 0.1) is 0 Å². The van der Waals surface area contributed by atoms with Crippen LogP contribution in [0.4, 0.5) is 4.79 Å². The zero-order valence-electron chi connectivity index (χ0n) is 9.41. The number of nitrogens with zero attached hydrogens (tertiary/aromatic N) is 2. The highest BCUT2D eigenvalue weighted by atomic mass is 32.2. The Morgan fingerprint density at radius 2 is 2.18 bits per heavy atom. The summed E-state index contributed by atoms with van der Waals surface area (Å²) >= 11 is 1.02. The van der Waals surface area contributed by atoms with Crippen molar-refractivity contribution < 1.29 is 19.8 Å². The highest BCUT2D eigenvalue weighted by Gasteiger charge is 2.37. The Hall–Kier alpha value is -0.630. The third-order valence-corrected chi connectivity index (χ3v) is 3.99. The Balaban J connectivity index is 1.97. The van der Waals surface area contributed by atoms with E-state index in [0.717, 1.165) is 11.8 Å². The summed E-state index contributed by atoms with van der Waals surface area (Å²) in [5, 5.41) is 18.3. The average molecular weight is 260 g/mol. The number of carbonyl (C=O) groups is 2. The van der Waals surface area contributed by atoms with Crippen molar-refractivity contribution in [2.45, 2.75) is 18.6 Å². The molecule has 0 aliphatic carbocycles. The summed E-state index contributed by atoms with van der Waals surface area (Å²) in [6.45, 7) is 1.29. The molecule has 0 spiro atoms. The molecule has 96 valence electrons. The number of aliphatic hydroxyl groups excluding tert-OH is 2. The topological polar surface area (TPSA) is 81.1 Å². The molecule has 0 unspecified atom stereocenters. The second-order valence-corrected chi connectivity index (χ2v) is 5.25. The van der Waals surface area contributed by atoms with Crippen molar-refractivity contribution in [3.63, 3.8) is 0 Å². The number of thioether (sulfide) groups is 1. The zero-order chi connectivity index (χ0) is 12.4. The molecule has 2 saturated heterocycles. The van der Waals surface area contributed by atoms with Gasteiger partial charge in [0.2, 0.25) is 5.91 Å². The van der Waals surface area contributed by atoms with Crippen molar-refractivity contribution in [3.05, 3.63) is 0 Å². The number of β-amino-alcohol motifs (C(OH)–C–C–N with tert-alkyl or cyclic N) is 2. The Bertz CT molecular complexity index is 309. The SMILES string of the molecule is O=C1CSC(=O)N1C[C@@H]1C[C@@H](O)CN1CCO. The molecule has 0 radical (unpaired) electrons. The maximum atomic E-state index is 11.5. The summed E-state index contributed by atoms with van der Waals surface area (Å²) in [6, 6.07) is -0.0382. The molecule has 0 aromatic heterocycles. The van der Waals surface area contributed by atoms with Crippen molar-refractivity contribution in [2.24, 2.45) is 0 Å². The zero-order valence-corrected chi connectivity index (χ0v) is 10.2. The van der Waals surface area contributed by atoms with Gasteiger partial charge in [0.25, 0.3) is 5.24 Å². The van der Waals surface area contributed by atoms with E-state index in [4.69, 9.17) is 5.11 Å². The van der Waals surface area contributed by atoms with Gasteiger partial charge in [0.05, 0.1) is 18.5 Å². The standard InChI is InChI=1S/C10H16N2O4S/c13-2-1-11-5-8(14)3-7(11)4-12-9(15)6-17-10(12)16/h7-8,13-14H,1-6H2/t7-,8+/m0/s1. The first kappa shape index (κ1) is 12.8. The highest BCUT2D eigenvalue weighted by Crippen LogP contribution is 2.24. The first-order valence-electron chi connectivity index (χ1n) is 5.62. The summed E-state index contributed by atoms with van der Waals surface area (Å²) in [6.07, 6.45) is 0.105.